The van der Waals surface area contributed by atoms with Crippen molar-refractivity contribution in [1.82, 2.24) is 4.41 Å². The van der Waals surface area contributed by atoms with Gasteiger partial charge in [-0.15, -0.1) is 4.41 Å². The lowest BCUT2D eigenvalue weighted by Crippen LogP contribution is -2.65. The van der Waals surface area contributed by atoms with E-state index in [-0.39, 0.29) is 0 Å². The molecule has 1 aromatic rings. The van der Waals surface area contributed by atoms with Crippen LogP contribution in [0.3, 0.4) is 0 Å². The smallest absolute Gasteiger partial charge is 0.250 e. The van der Waals surface area contributed by atoms with E-state index in [9.17, 15) is 8.42 Å². The SMILES string of the molecule is CN1c2ccccc2C(C)(C)C12CN=NN2S(C)(=O)=O. The zero-order valence-corrected chi connectivity index (χ0v) is 12.8. The van der Waals surface area contributed by atoms with Crippen molar-refractivity contribution < 1.29 is 8.42 Å². The van der Waals surface area contributed by atoms with Gasteiger partial charge in [0, 0.05) is 18.2 Å². The van der Waals surface area contributed by atoms with Gasteiger partial charge in [0.05, 0.1) is 6.26 Å². The van der Waals surface area contributed by atoms with Crippen molar-refractivity contribution in [1.29, 1.82) is 0 Å². The number of sulfonamides is 1. The molecule has 108 valence electrons. The number of nitrogens with zero attached hydrogens (tertiary/aromatic N) is 4. The third kappa shape index (κ3) is 1.36. The molecule has 6 nitrogen and oxygen atoms in total. The standard InChI is InChI=1S/C13H18N4O2S/c1-12(2)10-7-5-6-8-11(10)16(3)13(12)9-14-15-17(13)20(4,18)19/h5-8H,9H2,1-4H3. The summed E-state index contributed by atoms with van der Waals surface area (Å²) < 4.78 is 25.4. The molecule has 1 atom stereocenters. The number of likely N-dealkylation sites (N-methyl/N-ethyl adjacent to an activating group) is 1. The van der Waals surface area contributed by atoms with Crippen LogP contribution >= 0.6 is 0 Å². The number of anilines is 1. The van der Waals surface area contributed by atoms with E-state index in [4.69, 9.17) is 0 Å². The molecular weight excluding hydrogens is 276 g/mol. The molecule has 0 saturated heterocycles. The highest BCUT2D eigenvalue weighted by Gasteiger charge is 2.63. The maximum atomic E-state index is 12.1. The number of rotatable bonds is 1. The van der Waals surface area contributed by atoms with Gasteiger partial charge in [0.1, 0.15) is 6.54 Å². The van der Waals surface area contributed by atoms with Crippen LogP contribution in [0.1, 0.15) is 19.4 Å². The Labute approximate surface area is 119 Å². The molecule has 7 heteroatoms. The molecule has 20 heavy (non-hydrogen) atoms. The Morgan fingerprint density at radius 2 is 1.90 bits per heavy atom. The van der Waals surface area contributed by atoms with Crippen LogP contribution in [0.25, 0.3) is 0 Å². The van der Waals surface area contributed by atoms with Gasteiger partial charge >= 0.3 is 0 Å². The first-order valence-electron chi connectivity index (χ1n) is 6.44. The van der Waals surface area contributed by atoms with Gasteiger partial charge in [-0.25, -0.2) is 8.42 Å². The van der Waals surface area contributed by atoms with Crippen LogP contribution < -0.4 is 4.90 Å². The van der Waals surface area contributed by atoms with Crippen LogP contribution in [-0.2, 0) is 15.4 Å². The fourth-order valence-corrected chi connectivity index (χ4v) is 4.60. The van der Waals surface area contributed by atoms with Crippen molar-refractivity contribution in [2.45, 2.75) is 24.9 Å². The van der Waals surface area contributed by atoms with E-state index in [1.165, 1.54) is 10.7 Å². The first kappa shape index (κ1) is 13.4. The van der Waals surface area contributed by atoms with Crippen LogP contribution in [-0.4, -0.2) is 38.3 Å². The van der Waals surface area contributed by atoms with Crippen molar-refractivity contribution in [2.75, 3.05) is 24.7 Å². The Balaban J connectivity index is 2.27. The number of benzene rings is 1. The zero-order chi connectivity index (χ0) is 14.8. The molecule has 0 aromatic heterocycles. The van der Waals surface area contributed by atoms with Gasteiger partial charge in [0.25, 0.3) is 10.0 Å². The highest BCUT2D eigenvalue weighted by molar-refractivity contribution is 7.88. The maximum absolute atomic E-state index is 12.1. The Bertz CT molecular complexity index is 698. The molecular formula is C13H18N4O2S. The predicted octanol–water partition coefficient (Wildman–Crippen LogP) is 1.75. The third-order valence-electron chi connectivity index (χ3n) is 4.56. The molecule has 1 unspecified atom stereocenters. The summed E-state index contributed by atoms with van der Waals surface area (Å²) in [5.41, 5.74) is 0.928. The molecule has 0 saturated carbocycles. The van der Waals surface area contributed by atoms with E-state index in [1.54, 1.807) is 0 Å². The molecule has 1 spiro atoms. The monoisotopic (exact) mass is 294 g/mol. The van der Waals surface area contributed by atoms with Crippen molar-refractivity contribution >= 4 is 15.7 Å². The van der Waals surface area contributed by atoms with Crippen LogP contribution in [0.2, 0.25) is 0 Å². The fraction of sp³-hybridized carbons (Fsp3) is 0.538. The second-order valence-corrected chi connectivity index (χ2v) is 7.72. The molecule has 0 amide bonds. The lowest BCUT2D eigenvalue weighted by Gasteiger charge is -2.45. The molecule has 0 N–H and O–H groups in total. The van der Waals surface area contributed by atoms with Gasteiger partial charge in [-0.2, -0.15) is 5.11 Å². The summed E-state index contributed by atoms with van der Waals surface area (Å²) in [7, 11) is -1.58. The Morgan fingerprint density at radius 3 is 2.50 bits per heavy atom. The summed E-state index contributed by atoms with van der Waals surface area (Å²) in [6.45, 7) is 4.42. The summed E-state index contributed by atoms with van der Waals surface area (Å²) in [6.07, 6.45) is 1.17. The lowest BCUT2D eigenvalue weighted by atomic mass is 9.76. The quantitative estimate of drug-likeness (QED) is 0.792. The molecule has 2 aliphatic heterocycles. The Morgan fingerprint density at radius 1 is 1.25 bits per heavy atom. The summed E-state index contributed by atoms with van der Waals surface area (Å²) in [5.74, 6) is 0. The van der Waals surface area contributed by atoms with Gasteiger partial charge in [0.15, 0.2) is 5.66 Å². The number of fused-ring (bicyclic) bond motifs is 1. The van der Waals surface area contributed by atoms with E-state index in [2.05, 4.69) is 10.3 Å². The number of hydrogen-bond donors (Lipinski definition) is 0. The van der Waals surface area contributed by atoms with E-state index in [1.807, 2.05) is 50.1 Å². The average Bonchev–Trinajstić information content (AvgIpc) is 2.89. The Kier molecular flexibility index (Phi) is 2.48. The van der Waals surface area contributed by atoms with Gasteiger partial charge in [-0.1, -0.05) is 37.3 Å². The lowest BCUT2D eigenvalue weighted by molar-refractivity contribution is 0.150. The second kappa shape index (κ2) is 3.72. The van der Waals surface area contributed by atoms with Crippen LogP contribution in [0.5, 0.6) is 0 Å². The first-order chi connectivity index (χ1) is 9.23. The predicted molar refractivity (Wildman–Crippen MR) is 77.0 cm³/mol. The van der Waals surface area contributed by atoms with E-state index in [0.717, 1.165) is 11.3 Å². The van der Waals surface area contributed by atoms with Gasteiger partial charge < -0.3 is 4.90 Å². The van der Waals surface area contributed by atoms with Gasteiger partial charge in [0.2, 0.25) is 0 Å². The summed E-state index contributed by atoms with van der Waals surface area (Å²) in [4.78, 5) is 1.99. The van der Waals surface area contributed by atoms with Gasteiger partial charge in [-0.05, 0) is 11.6 Å². The zero-order valence-electron chi connectivity index (χ0n) is 12.0. The van der Waals surface area contributed by atoms with Crippen LogP contribution in [0.15, 0.2) is 34.6 Å². The molecule has 2 aliphatic rings. The van der Waals surface area contributed by atoms with Crippen molar-refractivity contribution in [2.24, 2.45) is 10.3 Å². The molecule has 0 bridgehead atoms. The van der Waals surface area contributed by atoms with Crippen LogP contribution in [0.4, 0.5) is 5.69 Å². The highest BCUT2D eigenvalue weighted by atomic mass is 32.2. The summed E-state index contributed by atoms with van der Waals surface area (Å²) in [5, 5.41) is 7.93. The third-order valence-corrected chi connectivity index (χ3v) is 5.56. The minimum atomic E-state index is -3.48. The van der Waals surface area contributed by atoms with E-state index < -0.39 is 21.1 Å². The highest BCUT2D eigenvalue weighted by Crippen LogP contribution is 2.54. The molecule has 0 radical (unpaired) electrons. The number of para-hydroxylation sites is 1. The summed E-state index contributed by atoms with van der Waals surface area (Å²) >= 11 is 0. The molecule has 0 fully saturated rings. The fourth-order valence-electron chi connectivity index (χ4n) is 3.46. The first-order valence-corrected chi connectivity index (χ1v) is 8.29. The van der Waals surface area contributed by atoms with E-state index >= 15 is 0 Å². The van der Waals surface area contributed by atoms with Crippen molar-refractivity contribution in [3.8, 4) is 0 Å². The Hall–Kier alpha value is -1.63. The molecule has 0 aliphatic carbocycles. The molecule has 3 rings (SSSR count). The normalized spacial score (nSPS) is 27.4. The second-order valence-electron chi connectivity index (χ2n) is 5.91. The molecule has 2 heterocycles. The topological polar surface area (TPSA) is 65.3 Å². The van der Waals surface area contributed by atoms with Crippen molar-refractivity contribution in [3.63, 3.8) is 0 Å². The minimum absolute atomic E-state index is 0.332. The van der Waals surface area contributed by atoms with Crippen molar-refractivity contribution in [3.05, 3.63) is 29.8 Å². The van der Waals surface area contributed by atoms with Gasteiger partial charge in [-0.3, -0.25) is 0 Å². The number of hydrogen-bond acceptors (Lipinski definition) is 5. The van der Waals surface area contributed by atoms with Crippen LogP contribution in [0, 0.1) is 0 Å². The maximum Gasteiger partial charge on any atom is 0.250 e. The van der Waals surface area contributed by atoms with E-state index in [0.29, 0.717) is 6.54 Å². The summed E-state index contributed by atoms with van der Waals surface area (Å²) in [6, 6.07) is 7.98. The largest absolute Gasteiger partial charge is 0.347 e. The average molecular weight is 294 g/mol. The molecule has 1 aromatic carbocycles. The minimum Gasteiger partial charge on any atom is -0.347 e.